The number of carboxylic acid groups (broad SMARTS) is 1. The molecule has 1 fully saturated rings. The largest absolute Gasteiger partial charge is 0.481 e. The van der Waals surface area contributed by atoms with Crippen LogP contribution in [0.15, 0.2) is 42.5 Å². The standard InChI is InChI=1S/C20H23NO3/c22-19(12-11-14-5-3-6-14)21-18(13-20(23)24)17-10-4-8-15-7-1-2-9-16(15)17/h1-2,4,7-10,14,18H,3,5-6,11-13H2,(H,21,22)(H,23,24)/t18-/m1/s1. The lowest BCUT2D eigenvalue weighted by Gasteiger charge is -2.25. The number of hydrogen-bond acceptors (Lipinski definition) is 2. The van der Waals surface area contributed by atoms with Crippen LogP contribution in [0.1, 0.15) is 50.1 Å². The smallest absolute Gasteiger partial charge is 0.305 e. The van der Waals surface area contributed by atoms with Crippen molar-refractivity contribution in [2.24, 2.45) is 5.92 Å². The molecule has 1 aliphatic carbocycles. The molecule has 0 spiro atoms. The Labute approximate surface area is 141 Å². The molecule has 1 aliphatic rings. The van der Waals surface area contributed by atoms with E-state index >= 15 is 0 Å². The maximum atomic E-state index is 12.3. The second-order valence-electron chi connectivity index (χ2n) is 6.62. The maximum Gasteiger partial charge on any atom is 0.305 e. The van der Waals surface area contributed by atoms with Crippen LogP contribution in [-0.4, -0.2) is 17.0 Å². The first-order valence-corrected chi connectivity index (χ1v) is 8.62. The van der Waals surface area contributed by atoms with E-state index in [2.05, 4.69) is 5.32 Å². The summed E-state index contributed by atoms with van der Waals surface area (Å²) in [6, 6.07) is 13.2. The second-order valence-corrected chi connectivity index (χ2v) is 6.62. The van der Waals surface area contributed by atoms with Crippen molar-refractivity contribution in [3.05, 3.63) is 48.0 Å². The molecule has 0 saturated heterocycles. The van der Waals surface area contributed by atoms with Gasteiger partial charge in [0.15, 0.2) is 0 Å². The van der Waals surface area contributed by atoms with Gasteiger partial charge in [0.1, 0.15) is 0 Å². The molecule has 1 saturated carbocycles. The fraction of sp³-hybridized carbons (Fsp3) is 0.400. The Kier molecular flexibility index (Phi) is 5.14. The van der Waals surface area contributed by atoms with Gasteiger partial charge in [-0.25, -0.2) is 0 Å². The van der Waals surface area contributed by atoms with Crippen LogP contribution >= 0.6 is 0 Å². The monoisotopic (exact) mass is 325 g/mol. The highest BCUT2D eigenvalue weighted by atomic mass is 16.4. The van der Waals surface area contributed by atoms with Gasteiger partial charge in [-0.2, -0.15) is 0 Å². The predicted molar refractivity (Wildman–Crippen MR) is 93.7 cm³/mol. The lowest BCUT2D eigenvalue weighted by Crippen LogP contribution is -2.30. The Balaban J connectivity index is 1.77. The molecule has 0 aromatic heterocycles. The molecule has 2 aromatic carbocycles. The maximum absolute atomic E-state index is 12.3. The van der Waals surface area contributed by atoms with Gasteiger partial charge in [-0.15, -0.1) is 0 Å². The number of nitrogens with one attached hydrogen (secondary N) is 1. The van der Waals surface area contributed by atoms with Crippen molar-refractivity contribution >= 4 is 22.6 Å². The Bertz CT molecular complexity index is 731. The molecule has 1 atom stereocenters. The average Bonchev–Trinajstić information content (AvgIpc) is 2.52. The highest BCUT2D eigenvalue weighted by Crippen LogP contribution is 2.31. The Morgan fingerprint density at radius 2 is 1.88 bits per heavy atom. The zero-order valence-corrected chi connectivity index (χ0v) is 13.7. The first-order valence-electron chi connectivity index (χ1n) is 8.62. The minimum Gasteiger partial charge on any atom is -0.481 e. The molecule has 4 heteroatoms. The van der Waals surface area contributed by atoms with Crippen molar-refractivity contribution < 1.29 is 14.7 Å². The van der Waals surface area contributed by atoms with Crippen LogP contribution in [0, 0.1) is 5.92 Å². The molecule has 2 aromatic rings. The normalized spacial score (nSPS) is 15.7. The summed E-state index contributed by atoms with van der Waals surface area (Å²) in [6.07, 6.45) is 4.98. The van der Waals surface area contributed by atoms with Gasteiger partial charge >= 0.3 is 5.97 Å². The fourth-order valence-corrected chi connectivity index (χ4v) is 3.35. The van der Waals surface area contributed by atoms with Crippen LogP contribution in [0.5, 0.6) is 0 Å². The van der Waals surface area contributed by atoms with E-state index in [0.717, 1.165) is 22.8 Å². The Morgan fingerprint density at radius 3 is 2.58 bits per heavy atom. The Morgan fingerprint density at radius 1 is 1.12 bits per heavy atom. The third-order valence-electron chi connectivity index (χ3n) is 4.92. The van der Waals surface area contributed by atoms with Crippen molar-refractivity contribution in [2.45, 2.75) is 44.6 Å². The third-order valence-corrected chi connectivity index (χ3v) is 4.92. The van der Waals surface area contributed by atoms with Crippen molar-refractivity contribution in [1.29, 1.82) is 0 Å². The number of carboxylic acids is 1. The topological polar surface area (TPSA) is 66.4 Å². The summed E-state index contributed by atoms with van der Waals surface area (Å²) in [5, 5.41) is 14.2. The highest BCUT2D eigenvalue weighted by molar-refractivity contribution is 5.87. The van der Waals surface area contributed by atoms with Gasteiger partial charge in [-0.3, -0.25) is 9.59 Å². The fourth-order valence-electron chi connectivity index (χ4n) is 3.35. The van der Waals surface area contributed by atoms with Crippen molar-refractivity contribution in [1.82, 2.24) is 5.32 Å². The number of hydrogen-bond donors (Lipinski definition) is 2. The summed E-state index contributed by atoms with van der Waals surface area (Å²) < 4.78 is 0. The van der Waals surface area contributed by atoms with Crippen molar-refractivity contribution in [2.75, 3.05) is 0 Å². The van der Waals surface area contributed by atoms with Crippen LogP contribution in [0.4, 0.5) is 0 Å². The van der Waals surface area contributed by atoms with E-state index in [-0.39, 0.29) is 12.3 Å². The minimum atomic E-state index is -0.910. The quantitative estimate of drug-likeness (QED) is 0.807. The van der Waals surface area contributed by atoms with Gasteiger partial charge in [0.05, 0.1) is 12.5 Å². The number of rotatable bonds is 7. The molecular weight excluding hydrogens is 302 g/mol. The van der Waals surface area contributed by atoms with E-state index in [1.807, 2.05) is 42.5 Å². The molecule has 0 aliphatic heterocycles. The SMILES string of the molecule is O=C(O)C[C@@H](NC(=O)CCC1CCC1)c1cccc2ccccc12. The molecule has 2 N–H and O–H groups in total. The second kappa shape index (κ2) is 7.47. The number of amides is 1. The van der Waals surface area contributed by atoms with Crippen LogP contribution in [-0.2, 0) is 9.59 Å². The van der Waals surface area contributed by atoms with Crippen LogP contribution in [0.3, 0.4) is 0 Å². The molecule has 3 rings (SSSR count). The van der Waals surface area contributed by atoms with E-state index in [1.54, 1.807) is 0 Å². The van der Waals surface area contributed by atoms with Crippen LogP contribution in [0.25, 0.3) is 10.8 Å². The lowest BCUT2D eigenvalue weighted by atomic mass is 9.82. The summed E-state index contributed by atoms with van der Waals surface area (Å²) >= 11 is 0. The van der Waals surface area contributed by atoms with Crippen LogP contribution < -0.4 is 5.32 Å². The summed E-state index contributed by atoms with van der Waals surface area (Å²) in [5.41, 5.74) is 0.868. The van der Waals surface area contributed by atoms with Gasteiger partial charge in [-0.05, 0) is 28.7 Å². The zero-order valence-electron chi connectivity index (χ0n) is 13.7. The van der Waals surface area contributed by atoms with Gasteiger partial charge in [0.2, 0.25) is 5.91 Å². The van der Waals surface area contributed by atoms with E-state index in [4.69, 9.17) is 0 Å². The Hall–Kier alpha value is -2.36. The summed E-state index contributed by atoms with van der Waals surface area (Å²) in [7, 11) is 0. The summed E-state index contributed by atoms with van der Waals surface area (Å²) in [6.45, 7) is 0. The molecule has 4 nitrogen and oxygen atoms in total. The molecule has 0 bridgehead atoms. The van der Waals surface area contributed by atoms with Crippen molar-refractivity contribution in [3.63, 3.8) is 0 Å². The third kappa shape index (κ3) is 3.94. The molecule has 24 heavy (non-hydrogen) atoms. The van der Waals surface area contributed by atoms with Gasteiger partial charge in [0.25, 0.3) is 0 Å². The summed E-state index contributed by atoms with van der Waals surface area (Å²) in [5.74, 6) is -0.292. The van der Waals surface area contributed by atoms with Gasteiger partial charge in [-0.1, -0.05) is 61.7 Å². The number of aliphatic carboxylic acids is 1. The summed E-state index contributed by atoms with van der Waals surface area (Å²) in [4.78, 5) is 23.6. The van der Waals surface area contributed by atoms with Gasteiger partial charge in [0, 0.05) is 6.42 Å². The number of benzene rings is 2. The molecular formula is C20H23NO3. The first-order chi connectivity index (χ1) is 11.6. The number of carbonyl (C=O) groups excluding carboxylic acids is 1. The molecule has 0 heterocycles. The predicted octanol–water partition coefficient (Wildman–Crippen LogP) is 4.05. The number of carbonyl (C=O) groups is 2. The lowest BCUT2D eigenvalue weighted by molar-refractivity contribution is -0.137. The average molecular weight is 325 g/mol. The molecule has 0 radical (unpaired) electrons. The van der Waals surface area contributed by atoms with Gasteiger partial charge < -0.3 is 10.4 Å². The van der Waals surface area contributed by atoms with Crippen molar-refractivity contribution in [3.8, 4) is 0 Å². The zero-order chi connectivity index (χ0) is 16.9. The first kappa shape index (κ1) is 16.5. The van der Waals surface area contributed by atoms with E-state index in [0.29, 0.717) is 12.3 Å². The van der Waals surface area contributed by atoms with Crippen LogP contribution in [0.2, 0.25) is 0 Å². The molecule has 126 valence electrons. The van der Waals surface area contributed by atoms with E-state index < -0.39 is 12.0 Å². The highest BCUT2D eigenvalue weighted by Gasteiger charge is 2.22. The van der Waals surface area contributed by atoms with E-state index in [1.165, 1.54) is 19.3 Å². The molecule has 0 unspecified atom stereocenters. The minimum absolute atomic E-state index is 0.0546. The molecule has 1 amide bonds. The van der Waals surface area contributed by atoms with E-state index in [9.17, 15) is 14.7 Å². The number of fused-ring (bicyclic) bond motifs is 1.